The molecule has 0 saturated heterocycles. The molecule has 0 spiro atoms. The SMILES string of the molecule is CCCCCCCCCCNC1CC1c1ccccc1.O=C(O)C1COc2ncccc21. The van der Waals surface area contributed by atoms with Crippen molar-refractivity contribution in [3.8, 4) is 5.88 Å². The highest BCUT2D eigenvalue weighted by atomic mass is 16.5. The van der Waals surface area contributed by atoms with Crippen molar-refractivity contribution < 1.29 is 14.6 Å². The van der Waals surface area contributed by atoms with Crippen LogP contribution in [0.4, 0.5) is 0 Å². The molecule has 0 bridgehead atoms. The van der Waals surface area contributed by atoms with Crippen molar-refractivity contribution in [2.24, 2.45) is 0 Å². The van der Waals surface area contributed by atoms with E-state index in [1.54, 1.807) is 18.3 Å². The molecule has 1 aliphatic carbocycles. The predicted molar refractivity (Wildman–Crippen MR) is 128 cm³/mol. The summed E-state index contributed by atoms with van der Waals surface area (Å²) in [6.45, 7) is 3.69. The molecule has 2 aromatic rings. The van der Waals surface area contributed by atoms with Crippen LogP contribution >= 0.6 is 0 Å². The summed E-state index contributed by atoms with van der Waals surface area (Å²) in [7, 11) is 0. The predicted octanol–water partition coefficient (Wildman–Crippen LogP) is 5.92. The lowest BCUT2D eigenvalue weighted by Gasteiger charge is -2.05. The number of carbonyl (C=O) groups is 1. The van der Waals surface area contributed by atoms with Gasteiger partial charge in [0, 0.05) is 23.7 Å². The number of hydrogen-bond acceptors (Lipinski definition) is 4. The average molecular weight is 439 g/mol. The van der Waals surface area contributed by atoms with Crippen LogP contribution in [0, 0.1) is 0 Å². The number of hydrogen-bond donors (Lipinski definition) is 2. The van der Waals surface area contributed by atoms with Crippen molar-refractivity contribution in [2.75, 3.05) is 13.2 Å². The Labute approximate surface area is 192 Å². The molecule has 32 heavy (non-hydrogen) atoms. The van der Waals surface area contributed by atoms with Crippen LogP contribution < -0.4 is 10.1 Å². The zero-order valence-electron chi connectivity index (χ0n) is 19.3. The molecule has 1 saturated carbocycles. The number of ether oxygens (including phenoxy) is 1. The van der Waals surface area contributed by atoms with Gasteiger partial charge in [0.1, 0.15) is 12.5 Å². The molecule has 2 aliphatic rings. The third kappa shape index (κ3) is 7.63. The summed E-state index contributed by atoms with van der Waals surface area (Å²) in [5.74, 6) is -0.175. The number of aromatic nitrogens is 1. The van der Waals surface area contributed by atoms with Crippen LogP contribution in [0.2, 0.25) is 0 Å². The minimum absolute atomic E-state index is 0.196. The molecule has 5 nitrogen and oxygen atoms in total. The van der Waals surface area contributed by atoms with Gasteiger partial charge in [-0.2, -0.15) is 0 Å². The molecule has 1 aromatic carbocycles. The molecule has 4 rings (SSSR count). The molecule has 5 heteroatoms. The number of fused-ring (bicyclic) bond motifs is 1. The van der Waals surface area contributed by atoms with Crippen LogP contribution in [0.1, 0.15) is 87.7 Å². The van der Waals surface area contributed by atoms with E-state index in [1.165, 1.54) is 69.9 Å². The highest BCUT2D eigenvalue weighted by Crippen LogP contribution is 2.40. The molecule has 3 unspecified atom stereocenters. The number of carboxylic acids is 1. The Bertz CT molecular complexity index is 812. The second-order valence-corrected chi connectivity index (χ2v) is 8.89. The molecule has 1 aromatic heterocycles. The Morgan fingerprint density at radius 2 is 1.75 bits per heavy atom. The largest absolute Gasteiger partial charge is 0.481 e. The number of benzene rings is 1. The number of nitrogens with zero attached hydrogens (tertiary/aromatic N) is 1. The maximum absolute atomic E-state index is 10.7. The van der Waals surface area contributed by atoms with Crippen LogP contribution in [0.5, 0.6) is 5.88 Å². The Balaban J connectivity index is 0.000000204. The third-order valence-corrected chi connectivity index (χ3v) is 6.32. The van der Waals surface area contributed by atoms with Gasteiger partial charge in [-0.1, -0.05) is 88.3 Å². The van der Waals surface area contributed by atoms with E-state index in [0.717, 1.165) is 12.0 Å². The Morgan fingerprint density at radius 1 is 1.03 bits per heavy atom. The first-order valence-electron chi connectivity index (χ1n) is 12.3. The molecular weight excluding hydrogens is 400 g/mol. The highest BCUT2D eigenvalue weighted by Gasteiger charge is 2.37. The zero-order valence-corrected chi connectivity index (χ0v) is 19.3. The van der Waals surface area contributed by atoms with E-state index in [-0.39, 0.29) is 6.61 Å². The summed E-state index contributed by atoms with van der Waals surface area (Å²) in [4.78, 5) is 14.6. The lowest BCUT2D eigenvalue weighted by molar-refractivity contribution is -0.138. The summed E-state index contributed by atoms with van der Waals surface area (Å²) in [6, 6.07) is 15.1. The zero-order chi connectivity index (χ0) is 22.6. The van der Waals surface area contributed by atoms with Crippen LogP contribution in [0.3, 0.4) is 0 Å². The molecule has 0 amide bonds. The van der Waals surface area contributed by atoms with Crippen LogP contribution in [-0.4, -0.2) is 35.3 Å². The second kappa shape index (κ2) is 13.2. The normalized spacial score (nSPS) is 20.6. The van der Waals surface area contributed by atoms with E-state index in [2.05, 4.69) is 47.6 Å². The fourth-order valence-corrected chi connectivity index (χ4v) is 4.28. The van der Waals surface area contributed by atoms with Gasteiger partial charge >= 0.3 is 5.97 Å². The average Bonchev–Trinajstić information content (AvgIpc) is 3.46. The molecular formula is C27H38N2O3. The Kier molecular flexibility index (Phi) is 10.0. The maximum Gasteiger partial charge on any atom is 0.314 e. The first kappa shape index (κ1) is 24.2. The lowest BCUT2D eigenvalue weighted by atomic mass is 10.0. The van der Waals surface area contributed by atoms with Crippen molar-refractivity contribution in [1.82, 2.24) is 10.3 Å². The molecule has 1 aliphatic heterocycles. The van der Waals surface area contributed by atoms with Gasteiger partial charge in [-0.05, 0) is 31.0 Å². The van der Waals surface area contributed by atoms with Gasteiger partial charge in [-0.15, -0.1) is 0 Å². The number of nitrogens with one attached hydrogen (secondary N) is 1. The number of pyridine rings is 1. The van der Waals surface area contributed by atoms with E-state index < -0.39 is 11.9 Å². The van der Waals surface area contributed by atoms with Crippen molar-refractivity contribution in [3.63, 3.8) is 0 Å². The van der Waals surface area contributed by atoms with Crippen LogP contribution in [-0.2, 0) is 4.79 Å². The van der Waals surface area contributed by atoms with E-state index in [9.17, 15) is 4.79 Å². The van der Waals surface area contributed by atoms with E-state index >= 15 is 0 Å². The lowest BCUT2D eigenvalue weighted by Crippen LogP contribution is -2.19. The number of carboxylic acid groups (broad SMARTS) is 1. The van der Waals surface area contributed by atoms with Crippen LogP contribution in [0.25, 0.3) is 0 Å². The summed E-state index contributed by atoms with van der Waals surface area (Å²) >= 11 is 0. The van der Waals surface area contributed by atoms with E-state index in [0.29, 0.717) is 11.4 Å². The quantitative estimate of drug-likeness (QED) is 0.403. The van der Waals surface area contributed by atoms with Crippen molar-refractivity contribution >= 4 is 5.97 Å². The summed E-state index contributed by atoms with van der Waals surface area (Å²) in [6.07, 6.45) is 14.2. The summed E-state index contributed by atoms with van der Waals surface area (Å²) < 4.78 is 5.08. The molecule has 3 atom stereocenters. The van der Waals surface area contributed by atoms with Gasteiger partial charge in [-0.3, -0.25) is 4.79 Å². The monoisotopic (exact) mass is 438 g/mol. The number of unbranched alkanes of at least 4 members (excludes halogenated alkanes) is 7. The third-order valence-electron chi connectivity index (χ3n) is 6.32. The fourth-order valence-electron chi connectivity index (χ4n) is 4.28. The van der Waals surface area contributed by atoms with Gasteiger partial charge in [0.15, 0.2) is 0 Å². The molecule has 2 N–H and O–H groups in total. The van der Waals surface area contributed by atoms with Gasteiger partial charge in [0.2, 0.25) is 5.88 Å². The first-order valence-corrected chi connectivity index (χ1v) is 12.3. The standard InChI is InChI=1S/C19H31N.C8H7NO3/c1-2-3-4-5-6-7-8-12-15-20-19-16-18(19)17-13-10-9-11-14-17;10-8(11)6-4-12-7-5(6)2-1-3-9-7/h9-11,13-14,18-20H,2-8,12,15-16H2,1H3;1-3,6H,4H2,(H,10,11). The Morgan fingerprint density at radius 3 is 2.47 bits per heavy atom. The minimum atomic E-state index is -0.859. The van der Waals surface area contributed by atoms with Gasteiger partial charge < -0.3 is 15.2 Å². The molecule has 0 radical (unpaired) electrons. The molecule has 1 fully saturated rings. The maximum atomic E-state index is 10.7. The molecule has 2 heterocycles. The van der Waals surface area contributed by atoms with Gasteiger partial charge in [0.05, 0.1) is 0 Å². The van der Waals surface area contributed by atoms with Crippen molar-refractivity contribution in [1.29, 1.82) is 0 Å². The van der Waals surface area contributed by atoms with Gasteiger partial charge in [-0.25, -0.2) is 4.98 Å². The molecule has 174 valence electrons. The smallest absolute Gasteiger partial charge is 0.314 e. The highest BCUT2D eigenvalue weighted by molar-refractivity contribution is 5.78. The summed E-state index contributed by atoms with van der Waals surface area (Å²) in [5.41, 5.74) is 2.19. The number of rotatable bonds is 12. The fraction of sp³-hybridized carbons (Fsp3) is 0.556. The van der Waals surface area contributed by atoms with E-state index in [4.69, 9.17) is 9.84 Å². The second-order valence-electron chi connectivity index (χ2n) is 8.89. The van der Waals surface area contributed by atoms with Gasteiger partial charge in [0.25, 0.3) is 0 Å². The first-order chi connectivity index (χ1) is 15.7. The number of aliphatic carboxylic acids is 1. The minimum Gasteiger partial charge on any atom is -0.481 e. The van der Waals surface area contributed by atoms with Crippen molar-refractivity contribution in [3.05, 3.63) is 59.8 Å². The summed E-state index contributed by atoms with van der Waals surface area (Å²) in [5, 5.41) is 12.5. The topological polar surface area (TPSA) is 71.5 Å². The van der Waals surface area contributed by atoms with Crippen LogP contribution in [0.15, 0.2) is 48.7 Å². The Hall–Kier alpha value is -2.40. The van der Waals surface area contributed by atoms with Crippen molar-refractivity contribution in [2.45, 2.75) is 82.6 Å². The van der Waals surface area contributed by atoms with E-state index in [1.807, 2.05) is 0 Å².